The van der Waals surface area contributed by atoms with Crippen molar-refractivity contribution in [2.24, 2.45) is 24.1 Å². The number of rotatable bonds is 9. The molecule has 68 heavy (non-hydrogen) atoms. The van der Waals surface area contributed by atoms with Crippen molar-refractivity contribution < 1.29 is 30.6 Å². The Morgan fingerprint density at radius 2 is 0.824 bits per heavy atom. The lowest BCUT2D eigenvalue weighted by Crippen LogP contribution is -2.19. The molecule has 14 heteroatoms. The minimum Gasteiger partial charge on any atom is -0.507 e. The number of benzene rings is 6. The van der Waals surface area contributed by atoms with Gasteiger partial charge in [-0.2, -0.15) is 0 Å². The molecule has 6 aromatic carbocycles. The maximum Gasteiger partial charge on any atom is 0.297 e. The average Bonchev–Trinajstić information content (AvgIpc) is 3.63. The Morgan fingerprint density at radius 3 is 1.13 bits per heavy atom. The number of phenolic OH excluding ortho intramolecular Hbond substituents is 6. The van der Waals surface area contributed by atoms with Crippen LogP contribution in [0.4, 0.5) is 11.4 Å². The maximum absolute atomic E-state index is 14.1. The molecule has 0 aliphatic rings. The van der Waals surface area contributed by atoms with Gasteiger partial charge in [-0.15, -0.1) is 0 Å². The zero-order chi connectivity index (χ0) is 49.5. The Kier molecular flexibility index (Phi) is 11.6. The highest BCUT2D eigenvalue weighted by atomic mass is 16.3. The van der Waals surface area contributed by atoms with E-state index in [-0.39, 0.29) is 79.2 Å². The van der Waals surface area contributed by atoms with Gasteiger partial charge in [-0.3, -0.25) is 19.0 Å². The fourth-order valence-corrected chi connectivity index (χ4v) is 9.83. The molecule has 0 amide bonds. The molecule has 0 aliphatic heterocycles. The molecular formula is C54H56N6O8. The second-order valence-corrected chi connectivity index (χ2v) is 18.2. The van der Waals surface area contributed by atoms with Gasteiger partial charge in [0.1, 0.15) is 11.5 Å². The molecule has 8 rings (SSSR count). The van der Waals surface area contributed by atoms with Crippen LogP contribution >= 0.6 is 0 Å². The molecule has 350 valence electrons. The molecule has 0 bridgehead atoms. The molecule has 0 aliphatic carbocycles. The van der Waals surface area contributed by atoms with Gasteiger partial charge in [-0.1, -0.05) is 76.2 Å². The fourth-order valence-electron chi connectivity index (χ4n) is 9.83. The Bertz CT molecular complexity index is 3350. The summed E-state index contributed by atoms with van der Waals surface area (Å²) < 4.78 is 6.31. The van der Waals surface area contributed by atoms with Gasteiger partial charge in [0.2, 0.25) is 0 Å². The first kappa shape index (κ1) is 46.5. The lowest BCUT2D eigenvalue weighted by Gasteiger charge is -2.24. The molecule has 0 saturated carbocycles. The average molecular weight is 917 g/mol. The Hall–Kier alpha value is -8.00. The van der Waals surface area contributed by atoms with Gasteiger partial charge >= 0.3 is 0 Å². The van der Waals surface area contributed by atoms with E-state index in [4.69, 9.17) is 9.98 Å². The first-order valence-electron chi connectivity index (χ1n) is 22.4. The number of phenols is 6. The van der Waals surface area contributed by atoms with Gasteiger partial charge in [0, 0.05) is 47.1 Å². The molecule has 0 fully saturated rings. The normalized spacial score (nSPS) is 12.4. The number of nitrogens with zero attached hydrogens (tertiary/aromatic N) is 6. The zero-order valence-electron chi connectivity index (χ0n) is 40.3. The van der Waals surface area contributed by atoms with E-state index in [0.717, 1.165) is 0 Å². The van der Waals surface area contributed by atoms with E-state index in [2.05, 4.69) is 0 Å². The van der Waals surface area contributed by atoms with E-state index >= 15 is 0 Å². The van der Waals surface area contributed by atoms with Crippen molar-refractivity contribution >= 4 is 44.3 Å². The molecule has 0 spiro atoms. The summed E-state index contributed by atoms with van der Waals surface area (Å²) in [6, 6.07) is 21.7. The topological polar surface area (TPSA) is 200 Å². The summed E-state index contributed by atoms with van der Waals surface area (Å²) in [7, 11) is 3.48. The predicted octanol–water partition coefficient (Wildman–Crippen LogP) is 10.6. The second-order valence-electron chi connectivity index (χ2n) is 18.2. The van der Waals surface area contributed by atoms with Gasteiger partial charge in [0.05, 0.1) is 45.3 Å². The number of hydrogen-bond donors (Lipinski definition) is 6. The second kappa shape index (κ2) is 17.0. The molecule has 6 N–H and O–H groups in total. The van der Waals surface area contributed by atoms with Crippen LogP contribution in [0.5, 0.6) is 34.5 Å². The monoisotopic (exact) mass is 916 g/mol. The third-order valence-electron chi connectivity index (χ3n) is 13.2. The van der Waals surface area contributed by atoms with Crippen LogP contribution in [0.15, 0.2) is 92.4 Å². The van der Waals surface area contributed by atoms with Crippen LogP contribution in [0.25, 0.3) is 44.0 Å². The molecule has 2 heterocycles. The summed E-state index contributed by atoms with van der Waals surface area (Å²) in [5.74, 6) is -3.31. The quantitative estimate of drug-likeness (QED) is 0.0607. The van der Waals surface area contributed by atoms with Gasteiger partial charge in [-0.25, -0.2) is 19.3 Å². The van der Waals surface area contributed by atoms with Crippen molar-refractivity contribution in [3.05, 3.63) is 138 Å². The van der Waals surface area contributed by atoms with Crippen molar-refractivity contribution in [1.29, 1.82) is 0 Å². The standard InChI is InChI=1S/C54H56N6O8/c1-25(2)37-35-23-27(5)39(47(61)43(35)41(51(65)49(37)63)29(7)55-45-31(9)57(11)59(53(45)67)33-19-15-13-16-20-33)40-28(6)24-36-38(26(3)4)50(64)52(66)42(44(36)48(40)62)30(8)56-46-32(10)58(12)60(54(46)68)34-21-17-14-18-22-34/h13-26,61-66H,1-12H3. The fraction of sp³-hybridized carbons (Fsp3) is 0.259. The first-order valence-corrected chi connectivity index (χ1v) is 22.4. The lowest BCUT2D eigenvalue weighted by molar-refractivity contribution is 0.398. The predicted molar refractivity (Wildman–Crippen MR) is 270 cm³/mol. The molecule has 0 radical (unpaired) electrons. The highest BCUT2D eigenvalue weighted by molar-refractivity contribution is 6.20. The lowest BCUT2D eigenvalue weighted by atomic mass is 9.82. The van der Waals surface area contributed by atoms with Crippen molar-refractivity contribution in [1.82, 2.24) is 18.7 Å². The van der Waals surface area contributed by atoms with E-state index in [1.54, 1.807) is 101 Å². The SMILES string of the molecule is CC(=Nc1c(C)n(C)n(-c2ccccc2)c1=O)c1c(O)c(O)c(C(C)C)c2cc(C)c(-c3c(C)cc4c(C(C)C)c(O)c(O)c(C(C)=Nc5c(C)n(C)n(-c6ccccc6)c5=O)c4c3O)c(O)c12. The van der Waals surface area contributed by atoms with E-state index in [1.807, 2.05) is 64.1 Å². The van der Waals surface area contributed by atoms with Crippen LogP contribution in [0.2, 0.25) is 0 Å². The molecule has 0 unspecified atom stereocenters. The number of aryl methyl sites for hydroxylation is 2. The van der Waals surface area contributed by atoms with Crippen LogP contribution in [-0.4, -0.2) is 60.8 Å². The molecule has 0 saturated heterocycles. The van der Waals surface area contributed by atoms with Crippen LogP contribution < -0.4 is 11.1 Å². The van der Waals surface area contributed by atoms with Crippen molar-refractivity contribution in [3.8, 4) is 57.0 Å². The number of fused-ring (bicyclic) bond motifs is 2. The highest BCUT2D eigenvalue weighted by Crippen LogP contribution is 2.55. The van der Waals surface area contributed by atoms with Gasteiger partial charge in [-0.05, 0) is 99.5 Å². The Morgan fingerprint density at radius 1 is 0.500 bits per heavy atom. The minimum atomic E-state index is -0.553. The molecule has 14 nitrogen and oxygen atoms in total. The number of aromatic nitrogens is 4. The van der Waals surface area contributed by atoms with Crippen LogP contribution in [0.3, 0.4) is 0 Å². The summed E-state index contributed by atoms with van der Waals surface area (Å²) >= 11 is 0. The van der Waals surface area contributed by atoms with Crippen molar-refractivity contribution in [2.45, 2.75) is 81.1 Å². The Labute approximate surface area is 392 Å². The summed E-state index contributed by atoms with van der Waals surface area (Å²) in [5.41, 5.74) is 3.85. The zero-order valence-corrected chi connectivity index (χ0v) is 40.3. The number of hydrogen-bond acceptors (Lipinski definition) is 10. The summed E-state index contributed by atoms with van der Waals surface area (Å²) in [5, 5.41) is 74.0. The summed E-state index contributed by atoms with van der Waals surface area (Å²) in [6.45, 7) is 17.6. The first-order chi connectivity index (χ1) is 32.1. The summed E-state index contributed by atoms with van der Waals surface area (Å²) in [6.07, 6.45) is 0. The number of aliphatic imine (C=N–C) groups is 2. The molecular weight excluding hydrogens is 861 g/mol. The van der Waals surface area contributed by atoms with Gasteiger partial charge < -0.3 is 30.6 Å². The Balaban J connectivity index is 1.44. The number of para-hydroxylation sites is 2. The third kappa shape index (κ3) is 7.01. The van der Waals surface area contributed by atoms with E-state index in [0.29, 0.717) is 55.8 Å². The molecule has 8 aromatic rings. The maximum atomic E-state index is 14.1. The van der Waals surface area contributed by atoms with Gasteiger partial charge in [0.15, 0.2) is 34.4 Å². The third-order valence-corrected chi connectivity index (χ3v) is 13.2. The van der Waals surface area contributed by atoms with Crippen LogP contribution in [-0.2, 0) is 14.1 Å². The largest absolute Gasteiger partial charge is 0.507 e. The van der Waals surface area contributed by atoms with E-state index in [1.165, 1.54) is 9.36 Å². The minimum absolute atomic E-state index is 0.0276. The molecule has 0 atom stereocenters. The summed E-state index contributed by atoms with van der Waals surface area (Å²) in [4.78, 5) is 37.7. The number of aromatic hydroxyl groups is 6. The van der Waals surface area contributed by atoms with Gasteiger partial charge in [0.25, 0.3) is 11.1 Å². The smallest absolute Gasteiger partial charge is 0.297 e. The van der Waals surface area contributed by atoms with Crippen LogP contribution in [0.1, 0.15) is 98.1 Å². The van der Waals surface area contributed by atoms with Crippen molar-refractivity contribution in [3.63, 3.8) is 0 Å². The van der Waals surface area contributed by atoms with Crippen LogP contribution in [0, 0.1) is 27.7 Å². The van der Waals surface area contributed by atoms with Crippen molar-refractivity contribution in [2.75, 3.05) is 0 Å². The van der Waals surface area contributed by atoms with E-state index in [9.17, 15) is 40.2 Å². The molecule has 2 aromatic heterocycles. The van der Waals surface area contributed by atoms with E-state index < -0.39 is 34.1 Å². The highest BCUT2D eigenvalue weighted by Gasteiger charge is 2.32.